The minimum absolute atomic E-state index is 0.242. The third-order valence-electron chi connectivity index (χ3n) is 3.62. The number of aromatic nitrogens is 1. The van der Waals surface area contributed by atoms with Crippen LogP contribution in [0.2, 0.25) is 0 Å². The highest BCUT2D eigenvalue weighted by Crippen LogP contribution is 2.31. The first-order valence-electron chi connectivity index (χ1n) is 7.58. The Kier molecular flexibility index (Phi) is 5.62. The second-order valence-electron chi connectivity index (χ2n) is 5.73. The predicted molar refractivity (Wildman–Crippen MR) is 89.1 cm³/mol. The molecule has 0 radical (unpaired) electrons. The second kappa shape index (κ2) is 7.07. The highest BCUT2D eigenvalue weighted by Gasteiger charge is 2.23. The third kappa shape index (κ3) is 4.40. The van der Waals surface area contributed by atoms with Crippen molar-refractivity contribution in [3.05, 3.63) is 10.6 Å². The van der Waals surface area contributed by atoms with Crippen LogP contribution < -0.4 is 10.2 Å². The molecule has 0 saturated carbocycles. The fourth-order valence-electron chi connectivity index (χ4n) is 2.43. The van der Waals surface area contributed by atoms with Gasteiger partial charge in [0.1, 0.15) is 0 Å². The number of nitrogens with one attached hydrogen (secondary N) is 1. The maximum absolute atomic E-state index is 11.7. The number of anilines is 1. The standard InChI is InChI=1S/C14H25N3O2S2/c1-4-15-10-12-13(11(2)3)16-14(20-12)17-6-5-8-21(18,19)9-7-17/h11,15H,4-10H2,1-3H3. The lowest BCUT2D eigenvalue weighted by molar-refractivity contribution is 0.597. The first-order chi connectivity index (χ1) is 9.93. The van der Waals surface area contributed by atoms with Gasteiger partial charge in [-0.25, -0.2) is 13.4 Å². The smallest absolute Gasteiger partial charge is 0.185 e. The second-order valence-corrected chi connectivity index (χ2v) is 9.10. The van der Waals surface area contributed by atoms with Crippen LogP contribution in [0.25, 0.3) is 0 Å². The molecule has 1 aromatic rings. The van der Waals surface area contributed by atoms with Crippen molar-refractivity contribution >= 4 is 26.3 Å². The molecule has 0 unspecified atom stereocenters. The number of sulfone groups is 1. The largest absolute Gasteiger partial charge is 0.347 e. The highest BCUT2D eigenvalue weighted by atomic mass is 32.2. The van der Waals surface area contributed by atoms with Crippen molar-refractivity contribution in [2.75, 3.05) is 36.0 Å². The van der Waals surface area contributed by atoms with E-state index in [0.717, 1.165) is 30.5 Å². The van der Waals surface area contributed by atoms with E-state index in [2.05, 4.69) is 31.0 Å². The predicted octanol–water partition coefficient (Wildman–Crippen LogP) is 2.00. The zero-order valence-electron chi connectivity index (χ0n) is 13.1. The molecule has 1 fully saturated rings. The van der Waals surface area contributed by atoms with E-state index in [9.17, 15) is 8.42 Å². The monoisotopic (exact) mass is 331 g/mol. The van der Waals surface area contributed by atoms with E-state index in [4.69, 9.17) is 4.98 Å². The summed E-state index contributed by atoms with van der Waals surface area (Å²) in [7, 11) is -2.87. The summed E-state index contributed by atoms with van der Waals surface area (Å²) in [6.07, 6.45) is 0.696. The zero-order valence-corrected chi connectivity index (χ0v) is 14.7. The number of hydrogen-bond donors (Lipinski definition) is 1. The Morgan fingerprint density at radius 2 is 2.10 bits per heavy atom. The molecule has 7 heteroatoms. The van der Waals surface area contributed by atoms with Gasteiger partial charge in [0.05, 0.1) is 17.2 Å². The molecule has 0 bridgehead atoms. The molecule has 120 valence electrons. The van der Waals surface area contributed by atoms with Crippen LogP contribution in [0.4, 0.5) is 5.13 Å². The van der Waals surface area contributed by atoms with Crippen LogP contribution in [0.3, 0.4) is 0 Å². The number of hydrogen-bond acceptors (Lipinski definition) is 6. The summed E-state index contributed by atoms with van der Waals surface area (Å²) >= 11 is 1.70. The molecular formula is C14H25N3O2S2. The van der Waals surface area contributed by atoms with Crippen LogP contribution in [-0.4, -0.2) is 44.5 Å². The molecule has 1 aliphatic rings. The molecule has 2 heterocycles. The van der Waals surface area contributed by atoms with Crippen LogP contribution in [0.1, 0.15) is 43.7 Å². The first kappa shape index (κ1) is 16.7. The molecule has 0 aromatic carbocycles. The lowest BCUT2D eigenvalue weighted by Crippen LogP contribution is -2.26. The Hall–Kier alpha value is -0.660. The average molecular weight is 332 g/mol. The Bertz CT molecular complexity index is 567. The van der Waals surface area contributed by atoms with E-state index in [-0.39, 0.29) is 5.75 Å². The summed E-state index contributed by atoms with van der Waals surface area (Å²) in [6.45, 7) is 9.53. The van der Waals surface area contributed by atoms with Gasteiger partial charge < -0.3 is 10.2 Å². The maximum atomic E-state index is 11.7. The van der Waals surface area contributed by atoms with E-state index in [1.165, 1.54) is 4.88 Å². The molecule has 0 spiro atoms. The van der Waals surface area contributed by atoms with Crippen molar-refractivity contribution in [1.29, 1.82) is 0 Å². The van der Waals surface area contributed by atoms with Crippen molar-refractivity contribution in [3.63, 3.8) is 0 Å². The number of nitrogens with zero attached hydrogens (tertiary/aromatic N) is 2. The molecule has 0 aliphatic carbocycles. The van der Waals surface area contributed by atoms with Gasteiger partial charge in [0.15, 0.2) is 15.0 Å². The van der Waals surface area contributed by atoms with Crippen LogP contribution in [-0.2, 0) is 16.4 Å². The van der Waals surface area contributed by atoms with Crippen molar-refractivity contribution in [3.8, 4) is 0 Å². The lowest BCUT2D eigenvalue weighted by Gasteiger charge is -2.18. The van der Waals surface area contributed by atoms with Gasteiger partial charge in [0.25, 0.3) is 0 Å². The van der Waals surface area contributed by atoms with Gasteiger partial charge in [-0.05, 0) is 18.9 Å². The van der Waals surface area contributed by atoms with Crippen LogP contribution in [0, 0.1) is 0 Å². The first-order valence-corrected chi connectivity index (χ1v) is 10.2. The van der Waals surface area contributed by atoms with Crippen molar-refractivity contribution < 1.29 is 8.42 Å². The van der Waals surface area contributed by atoms with Crippen molar-refractivity contribution in [2.45, 2.75) is 39.7 Å². The number of thiazole rings is 1. The number of rotatable bonds is 5. The Morgan fingerprint density at radius 3 is 2.76 bits per heavy atom. The Balaban J connectivity index is 2.19. The Morgan fingerprint density at radius 1 is 1.33 bits per heavy atom. The molecule has 2 rings (SSSR count). The molecule has 5 nitrogen and oxygen atoms in total. The van der Waals surface area contributed by atoms with Crippen molar-refractivity contribution in [1.82, 2.24) is 10.3 Å². The van der Waals surface area contributed by atoms with Gasteiger partial charge in [0, 0.05) is 24.5 Å². The van der Waals surface area contributed by atoms with Crippen LogP contribution in [0.5, 0.6) is 0 Å². The summed E-state index contributed by atoms with van der Waals surface area (Å²) < 4.78 is 23.4. The zero-order chi connectivity index (χ0) is 15.5. The van der Waals surface area contributed by atoms with E-state index >= 15 is 0 Å². The fourth-order valence-corrected chi connectivity index (χ4v) is 4.94. The van der Waals surface area contributed by atoms with Gasteiger partial charge in [0.2, 0.25) is 0 Å². The van der Waals surface area contributed by atoms with Gasteiger partial charge in [-0.3, -0.25) is 0 Å². The van der Waals surface area contributed by atoms with Gasteiger partial charge >= 0.3 is 0 Å². The fraction of sp³-hybridized carbons (Fsp3) is 0.786. The molecular weight excluding hydrogens is 306 g/mol. The molecule has 0 atom stereocenters. The van der Waals surface area contributed by atoms with Crippen molar-refractivity contribution in [2.24, 2.45) is 0 Å². The quantitative estimate of drug-likeness (QED) is 0.894. The van der Waals surface area contributed by atoms with Gasteiger partial charge in [-0.1, -0.05) is 20.8 Å². The van der Waals surface area contributed by atoms with E-state index in [1.54, 1.807) is 11.3 Å². The summed E-state index contributed by atoms with van der Waals surface area (Å²) in [6, 6.07) is 0. The SMILES string of the molecule is CCNCc1sc(N2CCCS(=O)(=O)CC2)nc1C(C)C. The summed E-state index contributed by atoms with van der Waals surface area (Å²) in [4.78, 5) is 8.19. The van der Waals surface area contributed by atoms with E-state index in [0.29, 0.717) is 24.6 Å². The summed E-state index contributed by atoms with van der Waals surface area (Å²) in [5.41, 5.74) is 1.14. The minimum atomic E-state index is -2.87. The van der Waals surface area contributed by atoms with Gasteiger partial charge in [-0.15, -0.1) is 11.3 Å². The average Bonchev–Trinajstić information content (AvgIpc) is 2.75. The summed E-state index contributed by atoms with van der Waals surface area (Å²) in [5.74, 6) is 0.932. The van der Waals surface area contributed by atoms with Crippen LogP contribution >= 0.6 is 11.3 Å². The maximum Gasteiger partial charge on any atom is 0.185 e. The van der Waals surface area contributed by atoms with E-state index in [1.807, 2.05) is 0 Å². The molecule has 1 saturated heterocycles. The summed E-state index contributed by atoms with van der Waals surface area (Å²) in [5, 5.41) is 4.33. The highest BCUT2D eigenvalue weighted by molar-refractivity contribution is 7.91. The molecule has 1 aliphatic heterocycles. The van der Waals surface area contributed by atoms with Gasteiger partial charge in [-0.2, -0.15) is 0 Å². The van der Waals surface area contributed by atoms with E-state index < -0.39 is 9.84 Å². The Labute approximate surface area is 131 Å². The van der Waals surface area contributed by atoms with Crippen LogP contribution in [0.15, 0.2) is 0 Å². The molecule has 1 N–H and O–H groups in total. The minimum Gasteiger partial charge on any atom is -0.347 e. The normalized spacial score (nSPS) is 19.0. The lowest BCUT2D eigenvalue weighted by atomic mass is 10.1. The molecule has 0 amide bonds. The molecule has 1 aromatic heterocycles. The molecule has 21 heavy (non-hydrogen) atoms. The topological polar surface area (TPSA) is 62.3 Å². The third-order valence-corrected chi connectivity index (χ3v) is 6.47.